The lowest BCUT2D eigenvalue weighted by atomic mass is 9.58. The lowest BCUT2D eigenvalue weighted by molar-refractivity contribution is 0.0470. The molecule has 1 rings (SSSR count). The highest BCUT2D eigenvalue weighted by molar-refractivity contribution is 5.14. The van der Waals surface area contributed by atoms with Gasteiger partial charge in [-0.15, -0.1) is 0 Å². The van der Waals surface area contributed by atoms with Crippen LogP contribution in [0.2, 0.25) is 0 Å². The van der Waals surface area contributed by atoms with Crippen molar-refractivity contribution in [2.45, 2.75) is 66.5 Å². The Labute approximate surface area is 89.9 Å². The predicted octanol–water partition coefficient (Wildman–Crippen LogP) is 3.54. The minimum absolute atomic E-state index is 0.296. The molecule has 0 amide bonds. The van der Waals surface area contributed by atoms with Gasteiger partial charge in [0.15, 0.2) is 0 Å². The molecule has 0 aromatic heterocycles. The second kappa shape index (κ2) is 2.98. The number of likely N-dealkylation sites (tertiary alicyclic amines) is 1. The van der Waals surface area contributed by atoms with Gasteiger partial charge >= 0.3 is 0 Å². The largest absolute Gasteiger partial charge is 0.297 e. The molecule has 1 nitrogen and oxygen atoms in total. The molecular formula is C13H27N. The second-order valence-corrected chi connectivity index (χ2v) is 6.25. The van der Waals surface area contributed by atoms with E-state index in [4.69, 9.17) is 0 Å². The fourth-order valence-corrected chi connectivity index (χ4v) is 3.50. The maximum Gasteiger partial charge on any atom is 0.0212 e. The summed E-state index contributed by atoms with van der Waals surface area (Å²) in [6.07, 6.45) is 1.25. The SMILES string of the molecule is CCC1(C)C(C)(C)C(C)N(C)C1(C)C. The summed E-state index contributed by atoms with van der Waals surface area (Å²) in [7, 11) is 2.27. The molecule has 0 aromatic carbocycles. The van der Waals surface area contributed by atoms with E-state index in [1.807, 2.05) is 0 Å². The van der Waals surface area contributed by atoms with E-state index in [1.165, 1.54) is 6.42 Å². The average Bonchev–Trinajstić information content (AvgIpc) is 2.19. The number of hydrogen-bond donors (Lipinski definition) is 0. The molecule has 1 heteroatoms. The van der Waals surface area contributed by atoms with Crippen LogP contribution < -0.4 is 0 Å². The van der Waals surface area contributed by atoms with Crippen LogP contribution in [-0.2, 0) is 0 Å². The Kier molecular flexibility index (Phi) is 2.56. The Balaban J connectivity index is 3.27. The molecule has 0 bridgehead atoms. The lowest BCUT2D eigenvalue weighted by Crippen LogP contribution is -2.48. The van der Waals surface area contributed by atoms with Crippen molar-refractivity contribution in [3.63, 3.8) is 0 Å². The number of nitrogens with zero attached hydrogens (tertiary/aromatic N) is 1. The van der Waals surface area contributed by atoms with Crippen LogP contribution in [0.5, 0.6) is 0 Å². The molecule has 14 heavy (non-hydrogen) atoms. The quantitative estimate of drug-likeness (QED) is 0.621. The van der Waals surface area contributed by atoms with Crippen molar-refractivity contribution in [1.82, 2.24) is 4.90 Å². The van der Waals surface area contributed by atoms with Gasteiger partial charge < -0.3 is 0 Å². The van der Waals surface area contributed by atoms with Crippen LogP contribution in [0.15, 0.2) is 0 Å². The van der Waals surface area contributed by atoms with E-state index >= 15 is 0 Å². The van der Waals surface area contributed by atoms with Crippen LogP contribution in [0.25, 0.3) is 0 Å². The Morgan fingerprint density at radius 1 is 1.07 bits per heavy atom. The monoisotopic (exact) mass is 197 g/mol. The van der Waals surface area contributed by atoms with E-state index in [2.05, 4.69) is 60.4 Å². The van der Waals surface area contributed by atoms with Crippen LogP contribution in [0.3, 0.4) is 0 Å². The molecule has 0 spiro atoms. The highest BCUT2D eigenvalue weighted by atomic mass is 15.3. The standard InChI is InChI=1S/C13H27N/c1-9-13(7)11(3,4)10(2)14(8)12(13,5)6/h10H,9H2,1-8H3. The van der Waals surface area contributed by atoms with Crippen LogP contribution in [0.4, 0.5) is 0 Å². The Morgan fingerprint density at radius 3 is 1.64 bits per heavy atom. The smallest absolute Gasteiger partial charge is 0.0212 e. The molecular weight excluding hydrogens is 170 g/mol. The summed E-state index contributed by atoms with van der Waals surface area (Å²) >= 11 is 0. The van der Waals surface area contributed by atoms with Gasteiger partial charge in [0.1, 0.15) is 0 Å². The van der Waals surface area contributed by atoms with Gasteiger partial charge in [0, 0.05) is 11.6 Å². The summed E-state index contributed by atoms with van der Waals surface area (Å²) in [6.45, 7) is 16.8. The first kappa shape index (κ1) is 12.0. The first-order chi connectivity index (χ1) is 6.13. The zero-order valence-electron chi connectivity index (χ0n) is 11.2. The van der Waals surface area contributed by atoms with E-state index in [-0.39, 0.29) is 0 Å². The molecule has 0 saturated carbocycles. The summed E-state index contributed by atoms with van der Waals surface area (Å²) in [5.74, 6) is 0. The van der Waals surface area contributed by atoms with Crippen molar-refractivity contribution >= 4 is 0 Å². The van der Waals surface area contributed by atoms with Gasteiger partial charge in [-0.05, 0) is 45.1 Å². The van der Waals surface area contributed by atoms with Gasteiger partial charge in [0.25, 0.3) is 0 Å². The summed E-state index contributed by atoms with van der Waals surface area (Å²) in [5.41, 5.74) is 1.08. The lowest BCUT2D eigenvalue weighted by Gasteiger charge is -2.47. The first-order valence-electron chi connectivity index (χ1n) is 5.86. The Hall–Kier alpha value is -0.0400. The van der Waals surface area contributed by atoms with Gasteiger partial charge in [-0.3, -0.25) is 4.90 Å². The number of rotatable bonds is 1. The molecule has 2 unspecified atom stereocenters. The van der Waals surface area contributed by atoms with Crippen molar-refractivity contribution in [2.75, 3.05) is 7.05 Å². The molecule has 1 fully saturated rings. The molecule has 1 aliphatic heterocycles. The van der Waals surface area contributed by atoms with Gasteiger partial charge in [-0.25, -0.2) is 0 Å². The summed E-state index contributed by atoms with van der Waals surface area (Å²) < 4.78 is 0. The van der Waals surface area contributed by atoms with E-state index in [0.717, 1.165) is 0 Å². The van der Waals surface area contributed by atoms with Crippen molar-refractivity contribution in [3.8, 4) is 0 Å². The van der Waals surface area contributed by atoms with Crippen LogP contribution in [0.1, 0.15) is 54.9 Å². The normalized spacial score (nSPS) is 41.6. The summed E-state index contributed by atoms with van der Waals surface area (Å²) in [4.78, 5) is 2.55. The van der Waals surface area contributed by atoms with Crippen molar-refractivity contribution in [1.29, 1.82) is 0 Å². The third-order valence-electron chi connectivity index (χ3n) is 5.99. The predicted molar refractivity (Wildman–Crippen MR) is 63.5 cm³/mol. The van der Waals surface area contributed by atoms with Crippen molar-refractivity contribution in [3.05, 3.63) is 0 Å². The summed E-state index contributed by atoms with van der Waals surface area (Å²) in [5, 5.41) is 0. The molecule has 0 aromatic rings. The third-order valence-corrected chi connectivity index (χ3v) is 5.99. The Bertz CT molecular complexity index is 207. The van der Waals surface area contributed by atoms with Crippen molar-refractivity contribution < 1.29 is 0 Å². The molecule has 0 aliphatic carbocycles. The van der Waals surface area contributed by atoms with E-state index in [1.54, 1.807) is 0 Å². The Morgan fingerprint density at radius 2 is 1.50 bits per heavy atom. The van der Waals surface area contributed by atoms with E-state index in [9.17, 15) is 0 Å². The molecule has 1 heterocycles. The first-order valence-corrected chi connectivity index (χ1v) is 5.86. The highest BCUT2D eigenvalue weighted by Crippen LogP contribution is 2.60. The second-order valence-electron chi connectivity index (χ2n) is 6.25. The zero-order chi connectivity index (χ0) is 11.4. The molecule has 2 atom stereocenters. The van der Waals surface area contributed by atoms with Crippen LogP contribution in [-0.4, -0.2) is 23.5 Å². The molecule has 1 saturated heterocycles. The molecule has 0 N–H and O–H groups in total. The van der Waals surface area contributed by atoms with Crippen LogP contribution in [0, 0.1) is 10.8 Å². The fraction of sp³-hybridized carbons (Fsp3) is 1.00. The number of hydrogen-bond acceptors (Lipinski definition) is 1. The minimum Gasteiger partial charge on any atom is -0.297 e. The zero-order valence-corrected chi connectivity index (χ0v) is 11.2. The van der Waals surface area contributed by atoms with Gasteiger partial charge in [0.05, 0.1) is 0 Å². The van der Waals surface area contributed by atoms with E-state index in [0.29, 0.717) is 22.4 Å². The molecule has 0 radical (unpaired) electrons. The topological polar surface area (TPSA) is 3.24 Å². The van der Waals surface area contributed by atoms with Gasteiger partial charge in [-0.1, -0.05) is 27.7 Å². The van der Waals surface area contributed by atoms with Crippen LogP contribution >= 0.6 is 0 Å². The average molecular weight is 197 g/mol. The summed E-state index contributed by atoms with van der Waals surface area (Å²) in [6, 6.07) is 0.655. The highest BCUT2D eigenvalue weighted by Gasteiger charge is 2.61. The van der Waals surface area contributed by atoms with Gasteiger partial charge in [-0.2, -0.15) is 0 Å². The maximum absolute atomic E-state index is 2.55. The van der Waals surface area contributed by atoms with Crippen molar-refractivity contribution in [2.24, 2.45) is 10.8 Å². The fourth-order valence-electron chi connectivity index (χ4n) is 3.50. The molecule has 84 valence electrons. The van der Waals surface area contributed by atoms with Gasteiger partial charge in [0.2, 0.25) is 0 Å². The third kappa shape index (κ3) is 1.05. The van der Waals surface area contributed by atoms with E-state index < -0.39 is 0 Å². The molecule has 1 aliphatic rings. The maximum atomic E-state index is 2.55. The minimum atomic E-state index is 0.296.